The zero-order valence-electron chi connectivity index (χ0n) is 4.02. The first-order chi connectivity index (χ1) is 3.80. The summed E-state index contributed by atoms with van der Waals surface area (Å²) in [6.07, 6.45) is 3.40. The van der Waals surface area contributed by atoms with E-state index in [2.05, 4.69) is 4.98 Å². The van der Waals surface area contributed by atoms with E-state index in [1.54, 1.807) is 41.1 Å². The summed E-state index contributed by atoms with van der Waals surface area (Å²) in [7, 11) is 0. The van der Waals surface area contributed by atoms with Gasteiger partial charge in [-0.3, -0.25) is 4.79 Å². The molecule has 1 N–H and O–H groups in total. The van der Waals surface area contributed by atoms with Crippen LogP contribution < -0.4 is 0 Å². The van der Waals surface area contributed by atoms with Crippen LogP contribution >= 0.6 is 22.6 Å². The van der Waals surface area contributed by atoms with Gasteiger partial charge in [-0.05, 0) is 6.07 Å². The first kappa shape index (κ1) is 5.81. The third-order valence-electron chi connectivity index (χ3n) is 0.825. The van der Waals surface area contributed by atoms with Crippen molar-refractivity contribution in [3.05, 3.63) is 24.0 Å². The Labute approximate surface area is 60.4 Å². The summed E-state index contributed by atoms with van der Waals surface area (Å²) in [5.74, 6) is 0. The van der Waals surface area contributed by atoms with Crippen LogP contribution in [0.4, 0.5) is 0 Å². The monoisotopic (exact) mass is 221 g/mol. The second kappa shape index (κ2) is 2.30. The van der Waals surface area contributed by atoms with Gasteiger partial charge in [-0.25, -0.2) is 0 Å². The fourth-order valence-electron chi connectivity index (χ4n) is 0.446. The molecule has 2 nitrogen and oxygen atoms in total. The van der Waals surface area contributed by atoms with Crippen LogP contribution in [0.3, 0.4) is 0 Å². The maximum absolute atomic E-state index is 10.5. The molecule has 0 atom stereocenters. The van der Waals surface area contributed by atoms with E-state index in [9.17, 15) is 4.79 Å². The van der Waals surface area contributed by atoms with E-state index in [0.29, 0.717) is 0 Å². The lowest BCUT2D eigenvalue weighted by Gasteiger charge is -1.77. The lowest BCUT2D eigenvalue weighted by atomic mass is 10.4. The highest BCUT2D eigenvalue weighted by atomic mass is 127. The number of H-pyrrole nitrogens is 1. The molecule has 0 bridgehead atoms. The number of aromatic nitrogens is 1. The van der Waals surface area contributed by atoms with Crippen molar-refractivity contribution in [1.29, 1.82) is 0 Å². The molecular weight excluding hydrogens is 217 g/mol. The lowest BCUT2D eigenvalue weighted by Crippen LogP contribution is -1.79. The fourth-order valence-corrected chi connectivity index (χ4v) is 0.782. The number of rotatable bonds is 1. The van der Waals surface area contributed by atoms with E-state index in [1.807, 2.05) is 0 Å². The molecule has 0 radical (unpaired) electrons. The zero-order chi connectivity index (χ0) is 5.98. The van der Waals surface area contributed by atoms with E-state index in [4.69, 9.17) is 0 Å². The number of nitrogens with one attached hydrogen (secondary N) is 1. The maximum Gasteiger partial charge on any atom is 0.223 e. The molecule has 0 aliphatic rings. The number of carbonyl (C=O) groups is 1. The molecule has 0 aliphatic heterocycles. The van der Waals surface area contributed by atoms with Crippen LogP contribution in [-0.2, 0) is 0 Å². The van der Waals surface area contributed by atoms with Crippen molar-refractivity contribution >= 4 is 26.4 Å². The molecule has 1 rings (SSSR count). The van der Waals surface area contributed by atoms with Gasteiger partial charge in [0, 0.05) is 40.5 Å². The number of hydrogen-bond acceptors (Lipinski definition) is 1. The Kier molecular flexibility index (Phi) is 1.67. The van der Waals surface area contributed by atoms with Crippen LogP contribution in [-0.4, -0.2) is 8.77 Å². The minimum Gasteiger partial charge on any atom is -0.367 e. The normalized spacial score (nSPS) is 9.12. The predicted octanol–water partition coefficient (Wildman–Crippen LogP) is 1.59. The van der Waals surface area contributed by atoms with Gasteiger partial charge < -0.3 is 4.98 Å². The van der Waals surface area contributed by atoms with Gasteiger partial charge in [-0.2, -0.15) is 0 Å². The minimum atomic E-state index is 0.0730. The van der Waals surface area contributed by atoms with Crippen LogP contribution in [0.15, 0.2) is 18.5 Å². The second-order valence-corrected chi connectivity index (χ2v) is 2.35. The molecule has 8 heavy (non-hydrogen) atoms. The van der Waals surface area contributed by atoms with Gasteiger partial charge in [0.15, 0.2) is 0 Å². The molecule has 0 unspecified atom stereocenters. The highest BCUT2D eigenvalue weighted by molar-refractivity contribution is 14.1. The SMILES string of the molecule is O=C(I)c1cc[nH]c1. The van der Waals surface area contributed by atoms with Crippen molar-refractivity contribution in [2.75, 3.05) is 0 Å². The van der Waals surface area contributed by atoms with Crippen LogP contribution in [0.1, 0.15) is 10.4 Å². The molecule has 0 amide bonds. The summed E-state index contributed by atoms with van der Waals surface area (Å²) in [6.45, 7) is 0. The molecule has 1 aromatic rings. The Morgan fingerprint density at radius 1 is 1.75 bits per heavy atom. The lowest BCUT2D eigenvalue weighted by molar-refractivity contribution is 0.110. The average Bonchev–Trinajstić information content (AvgIpc) is 2.12. The van der Waals surface area contributed by atoms with Crippen LogP contribution in [0, 0.1) is 0 Å². The standard InChI is InChI=1S/C5H4INO/c6-5(8)4-1-2-7-3-4/h1-3,7H. The van der Waals surface area contributed by atoms with Crippen LogP contribution in [0.2, 0.25) is 0 Å². The maximum atomic E-state index is 10.5. The van der Waals surface area contributed by atoms with Crippen molar-refractivity contribution in [2.45, 2.75) is 0 Å². The first-order valence-corrected chi connectivity index (χ1v) is 3.21. The van der Waals surface area contributed by atoms with Gasteiger partial charge in [0.05, 0.1) is 0 Å². The van der Waals surface area contributed by atoms with Crippen molar-refractivity contribution in [3.8, 4) is 0 Å². The Morgan fingerprint density at radius 3 is 2.75 bits per heavy atom. The van der Waals surface area contributed by atoms with Crippen molar-refractivity contribution in [1.82, 2.24) is 4.98 Å². The van der Waals surface area contributed by atoms with Crippen LogP contribution in [0.5, 0.6) is 0 Å². The first-order valence-electron chi connectivity index (χ1n) is 2.13. The van der Waals surface area contributed by atoms with Crippen LogP contribution in [0.25, 0.3) is 0 Å². The Morgan fingerprint density at radius 2 is 2.50 bits per heavy atom. The van der Waals surface area contributed by atoms with E-state index >= 15 is 0 Å². The summed E-state index contributed by atoms with van der Waals surface area (Å²) in [5, 5.41) is 0. The molecule has 0 spiro atoms. The molecule has 0 aromatic carbocycles. The van der Waals surface area contributed by atoms with Gasteiger partial charge in [0.1, 0.15) is 0 Å². The predicted molar refractivity (Wildman–Crippen MR) is 39.1 cm³/mol. The average molecular weight is 221 g/mol. The number of hydrogen-bond donors (Lipinski definition) is 1. The number of carbonyl (C=O) groups excluding carboxylic acids is 1. The molecule has 0 fully saturated rings. The van der Waals surface area contributed by atoms with Crippen molar-refractivity contribution < 1.29 is 4.79 Å². The molecule has 0 saturated heterocycles. The third-order valence-corrected chi connectivity index (χ3v) is 1.45. The van der Waals surface area contributed by atoms with Gasteiger partial charge >= 0.3 is 0 Å². The van der Waals surface area contributed by atoms with Gasteiger partial charge in [0.25, 0.3) is 0 Å². The smallest absolute Gasteiger partial charge is 0.223 e. The van der Waals surface area contributed by atoms with Crippen molar-refractivity contribution in [2.24, 2.45) is 0 Å². The molecular formula is C5H4INO. The summed E-state index contributed by atoms with van der Waals surface area (Å²) in [4.78, 5) is 13.3. The topological polar surface area (TPSA) is 32.9 Å². The Balaban J connectivity index is 2.93. The van der Waals surface area contributed by atoms with E-state index in [0.717, 1.165) is 5.56 Å². The van der Waals surface area contributed by atoms with Gasteiger partial charge in [-0.1, -0.05) is 0 Å². The Bertz CT molecular complexity index is 180. The highest BCUT2D eigenvalue weighted by Crippen LogP contribution is 2.02. The summed E-state index contributed by atoms with van der Waals surface area (Å²) in [6, 6.07) is 1.74. The molecule has 1 aromatic heterocycles. The zero-order valence-corrected chi connectivity index (χ0v) is 6.18. The fraction of sp³-hybridized carbons (Fsp3) is 0. The summed E-state index contributed by atoms with van der Waals surface area (Å²) < 4.78 is 0.0730. The third kappa shape index (κ3) is 1.09. The molecule has 1 heterocycles. The molecule has 0 aliphatic carbocycles. The van der Waals surface area contributed by atoms with E-state index in [-0.39, 0.29) is 3.79 Å². The summed E-state index contributed by atoms with van der Waals surface area (Å²) >= 11 is 1.75. The minimum absolute atomic E-state index is 0.0730. The van der Waals surface area contributed by atoms with Gasteiger partial charge in [-0.15, -0.1) is 0 Å². The van der Waals surface area contributed by atoms with E-state index in [1.165, 1.54) is 0 Å². The highest BCUT2D eigenvalue weighted by Gasteiger charge is 1.96. The summed E-state index contributed by atoms with van der Waals surface area (Å²) in [5.41, 5.74) is 0.727. The van der Waals surface area contributed by atoms with Gasteiger partial charge in [0.2, 0.25) is 3.79 Å². The largest absolute Gasteiger partial charge is 0.367 e. The second-order valence-electron chi connectivity index (χ2n) is 1.37. The molecule has 3 heteroatoms. The number of aromatic amines is 1. The van der Waals surface area contributed by atoms with Crippen molar-refractivity contribution in [3.63, 3.8) is 0 Å². The number of halogens is 1. The molecule has 42 valence electrons. The quantitative estimate of drug-likeness (QED) is 0.566. The van der Waals surface area contributed by atoms with E-state index < -0.39 is 0 Å². The Hall–Kier alpha value is -0.320. The molecule has 0 saturated carbocycles.